The van der Waals surface area contributed by atoms with Crippen LogP contribution in [0, 0.1) is 0 Å². The first-order chi connectivity index (χ1) is 11.6. The molecule has 2 rings (SSSR count). The molecule has 0 saturated heterocycles. The molecule has 2 aromatic carbocycles. The molecular weight excluding hydrogens is 372 g/mol. The number of para-hydroxylation sites is 1. The van der Waals surface area contributed by atoms with Crippen molar-refractivity contribution in [1.29, 1.82) is 0 Å². The molecular formula is C18H21BrN2O3. The van der Waals surface area contributed by atoms with Crippen molar-refractivity contribution in [3.63, 3.8) is 0 Å². The first-order valence-corrected chi connectivity index (χ1v) is 8.48. The number of ether oxygens (including phenoxy) is 2. The monoisotopic (exact) mass is 392 g/mol. The van der Waals surface area contributed by atoms with E-state index in [9.17, 15) is 4.79 Å². The number of hydrogen-bond acceptors (Lipinski definition) is 4. The molecule has 0 spiro atoms. The molecule has 0 aromatic heterocycles. The minimum absolute atomic E-state index is 0.0930. The summed E-state index contributed by atoms with van der Waals surface area (Å²) < 4.78 is 11.9. The van der Waals surface area contributed by atoms with Crippen LogP contribution in [-0.4, -0.2) is 26.2 Å². The van der Waals surface area contributed by atoms with Gasteiger partial charge in [0.2, 0.25) is 0 Å². The molecule has 2 N–H and O–H groups in total. The van der Waals surface area contributed by atoms with Gasteiger partial charge in [0.1, 0.15) is 0 Å². The second kappa shape index (κ2) is 9.30. The van der Waals surface area contributed by atoms with Crippen LogP contribution < -0.4 is 20.1 Å². The SMILES string of the molecule is CCNCc1cc(OC)c(OCC(=O)Nc2ccccc2)cc1Br. The van der Waals surface area contributed by atoms with Gasteiger partial charge in [0.05, 0.1) is 7.11 Å². The highest BCUT2D eigenvalue weighted by Gasteiger charge is 2.12. The van der Waals surface area contributed by atoms with Crippen molar-refractivity contribution in [2.75, 3.05) is 25.6 Å². The normalized spacial score (nSPS) is 10.3. The third-order valence-electron chi connectivity index (χ3n) is 3.31. The van der Waals surface area contributed by atoms with E-state index >= 15 is 0 Å². The van der Waals surface area contributed by atoms with E-state index in [0.717, 1.165) is 28.8 Å². The summed E-state index contributed by atoms with van der Waals surface area (Å²) >= 11 is 3.53. The fourth-order valence-electron chi connectivity index (χ4n) is 2.11. The van der Waals surface area contributed by atoms with E-state index in [1.165, 1.54) is 0 Å². The zero-order valence-electron chi connectivity index (χ0n) is 13.8. The summed E-state index contributed by atoms with van der Waals surface area (Å²) in [6, 6.07) is 13.0. The highest BCUT2D eigenvalue weighted by molar-refractivity contribution is 9.10. The number of amides is 1. The second-order valence-electron chi connectivity index (χ2n) is 5.08. The maximum atomic E-state index is 12.0. The first kappa shape index (κ1) is 18.3. The molecule has 128 valence electrons. The van der Waals surface area contributed by atoms with Gasteiger partial charge in [0, 0.05) is 16.7 Å². The standard InChI is InChI=1S/C18H21BrN2O3/c1-3-20-11-13-9-16(23-2)17(10-15(13)19)24-12-18(22)21-14-7-5-4-6-8-14/h4-10,20H,3,11-12H2,1-2H3,(H,21,22). The Bertz CT molecular complexity index is 677. The van der Waals surface area contributed by atoms with Crippen LogP contribution in [0.25, 0.3) is 0 Å². The molecule has 0 saturated carbocycles. The van der Waals surface area contributed by atoms with Gasteiger partial charge in [0.25, 0.3) is 5.91 Å². The van der Waals surface area contributed by atoms with Crippen LogP contribution in [0.3, 0.4) is 0 Å². The molecule has 0 unspecified atom stereocenters. The van der Waals surface area contributed by atoms with Gasteiger partial charge in [-0.1, -0.05) is 41.1 Å². The van der Waals surface area contributed by atoms with E-state index < -0.39 is 0 Å². The van der Waals surface area contributed by atoms with Crippen LogP contribution in [0.2, 0.25) is 0 Å². The van der Waals surface area contributed by atoms with Crippen LogP contribution in [0.4, 0.5) is 5.69 Å². The van der Waals surface area contributed by atoms with Crippen LogP contribution in [0.5, 0.6) is 11.5 Å². The molecule has 2 aromatic rings. The largest absolute Gasteiger partial charge is 0.493 e. The number of anilines is 1. The Morgan fingerprint density at radius 1 is 1.17 bits per heavy atom. The Morgan fingerprint density at radius 2 is 1.92 bits per heavy atom. The molecule has 0 radical (unpaired) electrons. The summed E-state index contributed by atoms with van der Waals surface area (Å²) in [5, 5.41) is 6.04. The van der Waals surface area contributed by atoms with Gasteiger partial charge in [-0.15, -0.1) is 0 Å². The number of carbonyl (C=O) groups is 1. The van der Waals surface area contributed by atoms with Crippen LogP contribution in [-0.2, 0) is 11.3 Å². The smallest absolute Gasteiger partial charge is 0.262 e. The zero-order chi connectivity index (χ0) is 17.4. The van der Waals surface area contributed by atoms with E-state index in [4.69, 9.17) is 9.47 Å². The molecule has 5 nitrogen and oxygen atoms in total. The molecule has 0 atom stereocenters. The number of methoxy groups -OCH3 is 1. The lowest BCUT2D eigenvalue weighted by Gasteiger charge is -2.14. The predicted octanol–water partition coefficient (Wildman–Crippen LogP) is 3.58. The zero-order valence-corrected chi connectivity index (χ0v) is 15.4. The minimum atomic E-state index is -0.226. The highest BCUT2D eigenvalue weighted by atomic mass is 79.9. The van der Waals surface area contributed by atoms with Gasteiger partial charge in [0.15, 0.2) is 18.1 Å². The Morgan fingerprint density at radius 3 is 2.58 bits per heavy atom. The predicted molar refractivity (Wildman–Crippen MR) is 98.6 cm³/mol. The van der Waals surface area contributed by atoms with Crippen LogP contribution in [0.1, 0.15) is 12.5 Å². The number of carbonyl (C=O) groups excluding carboxylic acids is 1. The van der Waals surface area contributed by atoms with Crippen molar-refractivity contribution in [2.45, 2.75) is 13.5 Å². The quantitative estimate of drug-likeness (QED) is 0.720. The molecule has 1 amide bonds. The Hall–Kier alpha value is -2.05. The van der Waals surface area contributed by atoms with Gasteiger partial charge in [-0.3, -0.25) is 4.79 Å². The van der Waals surface area contributed by atoms with Crippen molar-refractivity contribution in [1.82, 2.24) is 5.32 Å². The average molecular weight is 393 g/mol. The summed E-state index contributed by atoms with van der Waals surface area (Å²) in [6.07, 6.45) is 0. The van der Waals surface area contributed by atoms with Gasteiger partial charge in [-0.05, 0) is 36.4 Å². The van der Waals surface area contributed by atoms with Crippen molar-refractivity contribution < 1.29 is 14.3 Å². The summed E-state index contributed by atoms with van der Waals surface area (Å²) in [4.78, 5) is 12.0. The van der Waals surface area contributed by atoms with Crippen LogP contribution >= 0.6 is 15.9 Å². The van der Waals surface area contributed by atoms with Crippen molar-refractivity contribution >= 4 is 27.5 Å². The van der Waals surface area contributed by atoms with E-state index in [2.05, 4.69) is 26.6 Å². The van der Waals surface area contributed by atoms with Gasteiger partial charge >= 0.3 is 0 Å². The molecule has 6 heteroatoms. The number of halogens is 1. The highest BCUT2D eigenvalue weighted by Crippen LogP contribution is 2.33. The van der Waals surface area contributed by atoms with Gasteiger partial charge < -0.3 is 20.1 Å². The summed E-state index contributed by atoms with van der Waals surface area (Å²) in [5.74, 6) is 0.891. The Balaban J connectivity index is 2.00. The van der Waals surface area contributed by atoms with Gasteiger partial charge in [-0.25, -0.2) is 0 Å². The van der Waals surface area contributed by atoms with E-state index in [1.54, 1.807) is 7.11 Å². The molecule has 0 aliphatic heterocycles. The van der Waals surface area contributed by atoms with E-state index in [0.29, 0.717) is 11.5 Å². The lowest BCUT2D eigenvalue weighted by Crippen LogP contribution is -2.20. The Labute approximate surface area is 150 Å². The fraction of sp³-hybridized carbons (Fsp3) is 0.278. The summed E-state index contributed by atoms with van der Waals surface area (Å²) in [6.45, 7) is 3.56. The van der Waals surface area contributed by atoms with E-state index in [-0.39, 0.29) is 12.5 Å². The van der Waals surface area contributed by atoms with Gasteiger partial charge in [-0.2, -0.15) is 0 Å². The summed E-state index contributed by atoms with van der Waals surface area (Å²) in [5.41, 5.74) is 1.80. The first-order valence-electron chi connectivity index (χ1n) is 7.68. The molecule has 0 fully saturated rings. The van der Waals surface area contributed by atoms with E-state index in [1.807, 2.05) is 49.4 Å². The lowest BCUT2D eigenvalue weighted by molar-refractivity contribution is -0.118. The van der Waals surface area contributed by atoms with Crippen molar-refractivity contribution in [3.8, 4) is 11.5 Å². The number of benzene rings is 2. The number of rotatable bonds is 8. The minimum Gasteiger partial charge on any atom is -0.493 e. The maximum Gasteiger partial charge on any atom is 0.262 e. The topological polar surface area (TPSA) is 59.6 Å². The number of hydrogen-bond donors (Lipinski definition) is 2. The van der Waals surface area contributed by atoms with Crippen molar-refractivity contribution in [3.05, 3.63) is 52.5 Å². The molecule has 24 heavy (non-hydrogen) atoms. The number of nitrogens with one attached hydrogen (secondary N) is 2. The molecule has 0 bridgehead atoms. The average Bonchev–Trinajstić information content (AvgIpc) is 2.60. The third-order valence-corrected chi connectivity index (χ3v) is 4.05. The fourth-order valence-corrected chi connectivity index (χ4v) is 2.57. The maximum absolute atomic E-state index is 12.0. The van der Waals surface area contributed by atoms with Crippen molar-refractivity contribution in [2.24, 2.45) is 0 Å². The third kappa shape index (κ3) is 5.25. The van der Waals surface area contributed by atoms with Crippen LogP contribution in [0.15, 0.2) is 46.9 Å². The molecule has 0 aliphatic rings. The molecule has 0 aliphatic carbocycles. The second-order valence-corrected chi connectivity index (χ2v) is 5.93. The molecule has 0 heterocycles. The lowest BCUT2D eigenvalue weighted by atomic mass is 10.2. The Kier molecular flexibility index (Phi) is 7.08. The summed E-state index contributed by atoms with van der Waals surface area (Å²) in [7, 11) is 1.58.